The van der Waals surface area contributed by atoms with Crippen LogP contribution in [0.1, 0.15) is 0 Å². The Morgan fingerprint density at radius 2 is 0.812 bits per heavy atom. The predicted octanol–water partition coefficient (Wildman–Crippen LogP) is 13.2. The van der Waals surface area contributed by atoms with Crippen LogP contribution >= 0.6 is 0 Å². The molecule has 0 saturated carbocycles. The maximum atomic E-state index is 6.49. The highest BCUT2D eigenvalue weighted by Crippen LogP contribution is 2.46. The Labute approximate surface area is 279 Å². The minimum Gasteiger partial charge on any atom is -0.456 e. The fourth-order valence-electron chi connectivity index (χ4n) is 7.00. The van der Waals surface area contributed by atoms with Crippen molar-refractivity contribution < 1.29 is 4.42 Å². The first kappa shape index (κ1) is 27.9. The Morgan fingerprint density at radius 3 is 1.44 bits per heavy atom. The molecule has 0 spiro atoms. The maximum absolute atomic E-state index is 6.49. The van der Waals surface area contributed by atoms with Crippen LogP contribution in [0.3, 0.4) is 0 Å². The molecule has 9 rings (SSSR count). The molecule has 0 amide bonds. The van der Waals surface area contributed by atoms with Crippen molar-refractivity contribution >= 4 is 49.8 Å². The van der Waals surface area contributed by atoms with E-state index in [1.165, 1.54) is 33.0 Å². The molecule has 0 N–H and O–H groups in total. The van der Waals surface area contributed by atoms with Gasteiger partial charge in [-0.05, 0) is 81.1 Å². The molecule has 48 heavy (non-hydrogen) atoms. The zero-order valence-electron chi connectivity index (χ0n) is 26.3. The van der Waals surface area contributed by atoms with Gasteiger partial charge in [-0.15, -0.1) is 0 Å². The summed E-state index contributed by atoms with van der Waals surface area (Å²) in [5.74, 6) is 0. The van der Waals surface area contributed by atoms with E-state index in [2.05, 4.69) is 187 Å². The van der Waals surface area contributed by atoms with Gasteiger partial charge in [0, 0.05) is 27.7 Å². The predicted molar refractivity (Wildman–Crippen MR) is 202 cm³/mol. The second-order valence-corrected chi connectivity index (χ2v) is 12.1. The summed E-state index contributed by atoms with van der Waals surface area (Å²) in [6, 6.07) is 66.8. The van der Waals surface area contributed by atoms with Crippen molar-refractivity contribution in [1.82, 2.24) is 0 Å². The molecule has 9 aromatic rings. The Balaban J connectivity index is 1.25. The van der Waals surface area contributed by atoms with Crippen molar-refractivity contribution in [2.75, 3.05) is 4.90 Å². The number of rotatable bonds is 6. The van der Waals surface area contributed by atoms with Gasteiger partial charge in [0.15, 0.2) is 0 Å². The zero-order chi connectivity index (χ0) is 31.9. The van der Waals surface area contributed by atoms with E-state index in [0.29, 0.717) is 0 Å². The second kappa shape index (κ2) is 11.8. The molecule has 226 valence electrons. The molecule has 8 aromatic carbocycles. The summed E-state index contributed by atoms with van der Waals surface area (Å²) in [5, 5.41) is 4.69. The summed E-state index contributed by atoms with van der Waals surface area (Å²) in [4.78, 5) is 2.37. The van der Waals surface area contributed by atoms with Gasteiger partial charge in [-0.1, -0.05) is 146 Å². The zero-order valence-corrected chi connectivity index (χ0v) is 26.3. The van der Waals surface area contributed by atoms with Gasteiger partial charge in [0.25, 0.3) is 0 Å². The highest BCUT2D eigenvalue weighted by atomic mass is 16.3. The van der Waals surface area contributed by atoms with Gasteiger partial charge in [-0.3, -0.25) is 0 Å². The summed E-state index contributed by atoms with van der Waals surface area (Å²) in [6.45, 7) is 0. The van der Waals surface area contributed by atoms with Crippen LogP contribution in [0.2, 0.25) is 0 Å². The Morgan fingerprint density at radius 1 is 0.333 bits per heavy atom. The molecule has 1 heterocycles. The monoisotopic (exact) mass is 613 g/mol. The van der Waals surface area contributed by atoms with Crippen LogP contribution in [0.15, 0.2) is 192 Å². The first-order chi connectivity index (χ1) is 23.8. The first-order valence-corrected chi connectivity index (χ1v) is 16.4. The number of hydrogen-bond acceptors (Lipinski definition) is 2. The van der Waals surface area contributed by atoms with E-state index < -0.39 is 0 Å². The number of nitrogens with zero attached hydrogens (tertiary/aromatic N) is 1. The third-order valence-corrected chi connectivity index (χ3v) is 9.29. The maximum Gasteiger partial charge on any atom is 0.136 e. The molecular formula is C46H31NO. The number of anilines is 3. The normalized spacial score (nSPS) is 11.3. The summed E-state index contributed by atoms with van der Waals surface area (Å²) < 4.78 is 6.49. The Kier molecular flexibility index (Phi) is 6.84. The number of fused-ring (bicyclic) bond motifs is 5. The molecule has 0 saturated heterocycles. The van der Waals surface area contributed by atoms with Crippen LogP contribution in [0.5, 0.6) is 0 Å². The number of benzene rings is 8. The van der Waals surface area contributed by atoms with Gasteiger partial charge >= 0.3 is 0 Å². The highest BCUT2D eigenvalue weighted by Gasteiger charge is 2.21. The van der Waals surface area contributed by atoms with E-state index in [0.717, 1.165) is 50.1 Å². The topological polar surface area (TPSA) is 16.4 Å². The van der Waals surface area contributed by atoms with Crippen LogP contribution in [-0.4, -0.2) is 0 Å². The van der Waals surface area contributed by atoms with Gasteiger partial charge in [-0.25, -0.2) is 0 Å². The average Bonchev–Trinajstić information content (AvgIpc) is 3.55. The van der Waals surface area contributed by atoms with Gasteiger partial charge in [0.2, 0.25) is 0 Å². The summed E-state index contributed by atoms with van der Waals surface area (Å²) in [5.41, 5.74) is 12.1. The SMILES string of the molecule is c1ccc(-c2ccc(N(c3ccc(-c4ccccc4)cc3)c3ccccc3-c3cc4oc5ccccc5c4c4ccccc34)cc2)cc1. The molecule has 0 bridgehead atoms. The standard InChI is InChI=1S/C46H31NO/c1-3-13-32(14-4-1)34-23-27-36(28-24-34)47(37-29-25-35(26-30-37)33-15-5-2-6-16-33)43-21-11-9-18-39(43)42-31-45-46(40-19-8-7-17-38(40)42)41-20-10-12-22-44(41)48-45/h1-31H. The molecule has 0 radical (unpaired) electrons. The molecule has 0 aliphatic rings. The number of para-hydroxylation sites is 2. The van der Waals surface area contributed by atoms with E-state index in [-0.39, 0.29) is 0 Å². The smallest absolute Gasteiger partial charge is 0.136 e. The summed E-state index contributed by atoms with van der Waals surface area (Å²) >= 11 is 0. The molecule has 2 nitrogen and oxygen atoms in total. The van der Waals surface area contributed by atoms with Crippen LogP contribution in [0.4, 0.5) is 17.1 Å². The van der Waals surface area contributed by atoms with Crippen molar-refractivity contribution in [3.63, 3.8) is 0 Å². The van der Waals surface area contributed by atoms with E-state index in [1.807, 2.05) is 6.07 Å². The molecule has 0 aliphatic carbocycles. The lowest BCUT2D eigenvalue weighted by Crippen LogP contribution is -2.11. The third-order valence-electron chi connectivity index (χ3n) is 9.29. The van der Waals surface area contributed by atoms with Crippen LogP contribution in [0.25, 0.3) is 66.1 Å². The Hall–Kier alpha value is -6.38. The molecular weight excluding hydrogens is 583 g/mol. The fourth-order valence-corrected chi connectivity index (χ4v) is 7.00. The lowest BCUT2D eigenvalue weighted by Gasteiger charge is -2.28. The fraction of sp³-hybridized carbons (Fsp3) is 0. The van der Waals surface area contributed by atoms with Crippen molar-refractivity contribution in [3.05, 3.63) is 188 Å². The van der Waals surface area contributed by atoms with E-state index >= 15 is 0 Å². The molecule has 0 aliphatic heterocycles. The largest absolute Gasteiger partial charge is 0.456 e. The highest BCUT2D eigenvalue weighted by molar-refractivity contribution is 6.22. The third kappa shape index (κ3) is 4.83. The Bertz CT molecular complexity index is 2450. The molecule has 0 fully saturated rings. The summed E-state index contributed by atoms with van der Waals surface area (Å²) in [6.07, 6.45) is 0. The quantitative estimate of drug-likeness (QED) is 0.185. The van der Waals surface area contributed by atoms with Gasteiger partial charge in [-0.2, -0.15) is 0 Å². The molecule has 0 unspecified atom stereocenters. The van der Waals surface area contributed by atoms with Crippen molar-refractivity contribution in [2.45, 2.75) is 0 Å². The number of hydrogen-bond donors (Lipinski definition) is 0. The molecule has 0 atom stereocenters. The molecule has 2 heteroatoms. The minimum atomic E-state index is 0.894. The van der Waals surface area contributed by atoms with Gasteiger partial charge < -0.3 is 9.32 Å². The number of furan rings is 1. The van der Waals surface area contributed by atoms with Gasteiger partial charge in [0.05, 0.1) is 5.69 Å². The van der Waals surface area contributed by atoms with Crippen LogP contribution < -0.4 is 4.90 Å². The van der Waals surface area contributed by atoms with Crippen LogP contribution in [0, 0.1) is 0 Å². The first-order valence-electron chi connectivity index (χ1n) is 16.4. The van der Waals surface area contributed by atoms with Crippen molar-refractivity contribution in [2.24, 2.45) is 0 Å². The molecule has 1 aromatic heterocycles. The van der Waals surface area contributed by atoms with E-state index in [1.54, 1.807) is 0 Å². The average molecular weight is 614 g/mol. The van der Waals surface area contributed by atoms with Crippen LogP contribution in [-0.2, 0) is 0 Å². The lowest BCUT2D eigenvalue weighted by atomic mass is 9.93. The van der Waals surface area contributed by atoms with E-state index in [9.17, 15) is 0 Å². The van der Waals surface area contributed by atoms with Gasteiger partial charge in [0.1, 0.15) is 11.2 Å². The second-order valence-electron chi connectivity index (χ2n) is 12.1. The van der Waals surface area contributed by atoms with Crippen molar-refractivity contribution in [1.29, 1.82) is 0 Å². The lowest BCUT2D eigenvalue weighted by molar-refractivity contribution is 0.669. The van der Waals surface area contributed by atoms with E-state index in [4.69, 9.17) is 4.42 Å². The minimum absolute atomic E-state index is 0.894. The van der Waals surface area contributed by atoms with Crippen molar-refractivity contribution in [3.8, 4) is 33.4 Å². The summed E-state index contributed by atoms with van der Waals surface area (Å²) in [7, 11) is 0.